The summed E-state index contributed by atoms with van der Waals surface area (Å²) in [6, 6.07) is 5.64. The Kier molecular flexibility index (Phi) is 5.08. The summed E-state index contributed by atoms with van der Waals surface area (Å²) in [4.78, 5) is 23.2. The van der Waals surface area contributed by atoms with Gasteiger partial charge in [-0.2, -0.15) is 0 Å². The molecule has 0 unspecified atom stereocenters. The molecule has 0 radical (unpaired) electrons. The minimum atomic E-state index is -0.389. The molecule has 0 spiro atoms. The average molecular weight is 361 g/mol. The number of benzene rings is 1. The Hall–Kier alpha value is -2.74. The average Bonchev–Trinajstić information content (AvgIpc) is 3.30. The van der Waals surface area contributed by atoms with Crippen LogP contribution in [0.1, 0.15) is 34.2 Å². The Labute approximate surface area is 147 Å². The second-order valence-corrected chi connectivity index (χ2v) is 6.29. The molecule has 0 bridgehead atoms. The van der Waals surface area contributed by atoms with Gasteiger partial charge in [0, 0.05) is 24.2 Å². The fraction of sp³-hybridized carbons (Fsp3) is 0.235. The lowest BCUT2D eigenvalue weighted by Gasteiger charge is -2.22. The molecule has 8 heteroatoms. The first-order valence-electron chi connectivity index (χ1n) is 7.53. The number of aromatic nitrogens is 2. The van der Waals surface area contributed by atoms with Gasteiger partial charge in [-0.25, -0.2) is 9.37 Å². The standard InChI is InChI=1S/C17H16FN3O3S/c1-11(15-7-19-10-25-15)21(2)17(22)14-8-24-16(20-14)9-23-13-5-3-4-12(18)6-13/h3-8,10-11H,9H2,1-2H3/t11-/m1/s1. The molecular weight excluding hydrogens is 345 g/mol. The molecule has 3 rings (SSSR count). The highest BCUT2D eigenvalue weighted by Crippen LogP contribution is 2.23. The van der Waals surface area contributed by atoms with Gasteiger partial charge in [0.1, 0.15) is 17.8 Å². The number of oxazole rings is 1. The molecule has 0 aliphatic heterocycles. The normalized spacial score (nSPS) is 12.0. The Morgan fingerprint density at radius 2 is 2.32 bits per heavy atom. The van der Waals surface area contributed by atoms with Gasteiger partial charge in [0.15, 0.2) is 12.3 Å². The number of ether oxygens (including phenoxy) is 1. The van der Waals surface area contributed by atoms with Gasteiger partial charge in [-0.3, -0.25) is 9.78 Å². The lowest BCUT2D eigenvalue weighted by Crippen LogP contribution is -2.29. The zero-order valence-corrected chi connectivity index (χ0v) is 14.5. The van der Waals surface area contributed by atoms with E-state index in [1.165, 1.54) is 29.7 Å². The van der Waals surface area contributed by atoms with Crippen molar-refractivity contribution in [1.29, 1.82) is 0 Å². The lowest BCUT2D eigenvalue weighted by atomic mass is 10.2. The second kappa shape index (κ2) is 7.43. The van der Waals surface area contributed by atoms with Crippen molar-refractivity contribution in [3.05, 3.63) is 64.5 Å². The van der Waals surface area contributed by atoms with Gasteiger partial charge in [0.05, 0.1) is 11.6 Å². The summed E-state index contributed by atoms with van der Waals surface area (Å²) in [5.74, 6) is -0.0467. The van der Waals surface area contributed by atoms with Crippen molar-refractivity contribution >= 4 is 17.2 Å². The summed E-state index contributed by atoms with van der Waals surface area (Å²) < 4.78 is 23.8. The molecule has 3 aromatic rings. The first-order valence-corrected chi connectivity index (χ1v) is 8.41. The van der Waals surface area contributed by atoms with Crippen LogP contribution >= 0.6 is 11.3 Å². The molecule has 0 fully saturated rings. The van der Waals surface area contributed by atoms with Gasteiger partial charge >= 0.3 is 0 Å². The molecule has 0 N–H and O–H groups in total. The van der Waals surface area contributed by atoms with Gasteiger partial charge in [-0.15, -0.1) is 11.3 Å². The number of thiazole rings is 1. The molecule has 25 heavy (non-hydrogen) atoms. The Balaban J connectivity index is 1.63. The highest BCUT2D eigenvalue weighted by Gasteiger charge is 2.22. The van der Waals surface area contributed by atoms with Crippen LogP contribution in [-0.2, 0) is 6.61 Å². The first kappa shape index (κ1) is 17.1. The zero-order valence-electron chi connectivity index (χ0n) is 13.7. The largest absolute Gasteiger partial charge is 0.484 e. The second-order valence-electron chi connectivity index (χ2n) is 5.37. The van der Waals surface area contributed by atoms with E-state index in [9.17, 15) is 9.18 Å². The van der Waals surface area contributed by atoms with Crippen molar-refractivity contribution in [3.8, 4) is 5.75 Å². The highest BCUT2D eigenvalue weighted by molar-refractivity contribution is 7.09. The Morgan fingerprint density at radius 3 is 3.04 bits per heavy atom. The number of amides is 1. The molecule has 2 heterocycles. The molecule has 1 aromatic carbocycles. The van der Waals surface area contributed by atoms with Crippen LogP contribution < -0.4 is 4.74 Å². The van der Waals surface area contributed by atoms with E-state index < -0.39 is 0 Å². The zero-order chi connectivity index (χ0) is 17.8. The van der Waals surface area contributed by atoms with Crippen molar-refractivity contribution in [2.45, 2.75) is 19.6 Å². The maximum atomic E-state index is 13.1. The Bertz CT molecular complexity index is 850. The molecule has 1 atom stereocenters. The number of nitrogens with zero attached hydrogens (tertiary/aromatic N) is 3. The minimum absolute atomic E-state index is 0.00481. The van der Waals surface area contributed by atoms with E-state index in [1.54, 1.807) is 35.8 Å². The molecular formula is C17H16FN3O3S. The van der Waals surface area contributed by atoms with Crippen molar-refractivity contribution in [1.82, 2.24) is 14.9 Å². The van der Waals surface area contributed by atoms with Crippen LogP contribution in [0.4, 0.5) is 4.39 Å². The summed E-state index contributed by atoms with van der Waals surface area (Å²) in [7, 11) is 1.70. The number of rotatable bonds is 6. The van der Waals surface area contributed by atoms with Crippen molar-refractivity contribution in [2.24, 2.45) is 0 Å². The van der Waals surface area contributed by atoms with Crippen LogP contribution in [0.5, 0.6) is 5.75 Å². The number of carbonyl (C=O) groups excluding carboxylic acids is 1. The highest BCUT2D eigenvalue weighted by atomic mass is 32.1. The van der Waals surface area contributed by atoms with Crippen LogP contribution in [0.25, 0.3) is 0 Å². The van der Waals surface area contributed by atoms with E-state index in [4.69, 9.17) is 9.15 Å². The van der Waals surface area contributed by atoms with Gasteiger partial charge in [-0.05, 0) is 19.1 Å². The van der Waals surface area contributed by atoms with Crippen molar-refractivity contribution in [2.75, 3.05) is 7.05 Å². The van der Waals surface area contributed by atoms with Gasteiger partial charge in [0.25, 0.3) is 5.91 Å². The third-order valence-electron chi connectivity index (χ3n) is 3.69. The number of hydrogen-bond acceptors (Lipinski definition) is 6. The smallest absolute Gasteiger partial charge is 0.276 e. The molecule has 0 aliphatic rings. The van der Waals surface area contributed by atoms with Crippen LogP contribution in [0.2, 0.25) is 0 Å². The van der Waals surface area contributed by atoms with Gasteiger partial charge in [0.2, 0.25) is 5.89 Å². The van der Waals surface area contributed by atoms with E-state index in [1.807, 2.05) is 6.92 Å². The van der Waals surface area contributed by atoms with E-state index >= 15 is 0 Å². The summed E-state index contributed by atoms with van der Waals surface area (Å²) in [6.07, 6.45) is 3.03. The first-order chi connectivity index (χ1) is 12.0. The predicted octanol–water partition coefficient (Wildman–Crippen LogP) is 3.68. The van der Waals surface area contributed by atoms with Crippen molar-refractivity contribution < 1.29 is 18.3 Å². The number of halogens is 1. The molecule has 130 valence electrons. The quantitative estimate of drug-likeness (QED) is 0.670. The minimum Gasteiger partial charge on any atom is -0.484 e. The predicted molar refractivity (Wildman–Crippen MR) is 89.9 cm³/mol. The van der Waals surface area contributed by atoms with Gasteiger partial charge in [-0.1, -0.05) is 6.07 Å². The maximum Gasteiger partial charge on any atom is 0.276 e. The topological polar surface area (TPSA) is 68.5 Å². The number of carbonyl (C=O) groups is 1. The SMILES string of the molecule is C[C@H](c1cncs1)N(C)C(=O)c1coc(COc2cccc(F)c2)n1. The fourth-order valence-electron chi connectivity index (χ4n) is 2.16. The lowest BCUT2D eigenvalue weighted by molar-refractivity contribution is 0.0738. The fourth-order valence-corrected chi connectivity index (χ4v) is 2.88. The van der Waals surface area contributed by atoms with E-state index in [2.05, 4.69) is 9.97 Å². The van der Waals surface area contributed by atoms with Crippen LogP contribution in [0.15, 0.2) is 46.7 Å². The third-order valence-corrected chi connectivity index (χ3v) is 4.64. The van der Waals surface area contributed by atoms with Crippen molar-refractivity contribution in [3.63, 3.8) is 0 Å². The number of hydrogen-bond donors (Lipinski definition) is 0. The summed E-state index contributed by atoms with van der Waals surface area (Å²) in [5.41, 5.74) is 1.92. The monoisotopic (exact) mass is 361 g/mol. The van der Waals surface area contributed by atoms with E-state index in [0.717, 1.165) is 4.88 Å². The summed E-state index contributed by atoms with van der Waals surface area (Å²) >= 11 is 1.48. The Morgan fingerprint density at radius 1 is 1.48 bits per heavy atom. The van der Waals surface area contributed by atoms with E-state index in [-0.39, 0.29) is 36.0 Å². The molecule has 6 nitrogen and oxygen atoms in total. The van der Waals surface area contributed by atoms with Crippen LogP contribution in [0.3, 0.4) is 0 Å². The molecule has 1 amide bonds. The maximum absolute atomic E-state index is 13.1. The van der Waals surface area contributed by atoms with Gasteiger partial charge < -0.3 is 14.1 Å². The van der Waals surface area contributed by atoms with Crippen LogP contribution in [-0.4, -0.2) is 27.8 Å². The molecule has 2 aromatic heterocycles. The molecule has 0 aliphatic carbocycles. The summed E-state index contributed by atoms with van der Waals surface area (Å²) in [5, 5.41) is 0. The molecule has 0 saturated heterocycles. The molecule has 0 saturated carbocycles. The van der Waals surface area contributed by atoms with Crippen LogP contribution in [0, 0.1) is 5.82 Å². The van der Waals surface area contributed by atoms with E-state index in [0.29, 0.717) is 5.75 Å². The third kappa shape index (κ3) is 4.03. The summed E-state index contributed by atoms with van der Waals surface area (Å²) in [6.45, 7) is 1.92.